The van der Waals surface area contributed by atoms with Crippen LogP contribution in [0, 0.1) is 0 Å². The summed E-state index contributed by atoms with van der Waals surface area (Å²) in [6.45, 7) is 4.89. The Morgan fingerprint density at radius 2 is 0.800 bits per heavy atom. The van der Waals surface area contributed by atoms with E-state index in [1.165, 1.54) is 231 Å². The smallest absolute Gasteiger partial charge is 0.305 e. The van der Waals surface area contributed by atoms with Crippen molar-refractivity contribution in [3.63, 3.8) is 0 Å². The van der Waals surface area contributed by atoms with Crippen LogP contribution in [0.2, 0.25) is 0 Å². The van der Waals surface area contributed by atoms with Crippen molar-refractivity contribution >= 4 is 11.9 Å². The minimum absolute atomic E-state index is 0.00603. The van der Waals surface area contributed by atoms with E-state index in [9.17, 15) is 19.8 Å². The Labute approximate surface area is 405 Å². The zero-order valence-corrected chi connectivity index (χ0v) is 43.7. The number of amides is 1. The standard InChI is InChI=1S/C59H113NO5/c1-3-5-7-9-11-13-15-17-18-24-28-31-35-39-43-47-51-57(62)56(55-61)60-58(63)52-48-44-40-36-32-29-25-22-20-19-21-23-26-30-34-38-42-46-50-54-65-59(64)53-49-45-41-37-33-27-16-14-12-10-8-6-4-2/h8,10,14,16,56-57,61-62H,3-7,9,11-13,15,17-55H2,1-2H3,(H,60,63)/b10-8-,16-14-. The van der Waals surface area contributed by atoms with E-state index in [-0.39, 0.29) is 18.5 Å². The Morgan fingerprint density at radius 3 is 1.23 bits per heavy atom. The number of allylic oxidation sites excluding steroid dienone is 4. The zero-order chi connectivity index (χ0) is 47.2. The molecule has 384 valence electrons. The number of unbranched alkanes of at least 4 members (excludes halogenated alkanes) is 39. The lowest BCUT2D eigenvalue weighted by Crippen LogP contribution is -2.45. The van der Waals surface area contributed by atoms with Crippen LogP contribution >= 0.6 is 0 Å². The fourth-order valence-electron chi connectivity index (χ4n) is 9.03. The first-order valence-corrected chi connectivity index (χ1v) is 29.1. The molecule has 2 atom stereocenters. The molecule has 0 heterocycles. The molecule has 0 spiro atoms. The average molecular weight is 917 g/mol. The highest BCUT2D eigenvalue weighted by molar-refractivity contribution is 5.76. The van der Waals surface area contributed by atoms with Crippen molar-refractivity contribution in [2.75, 3.05) is 13.2 Å². The predicted octanol–water partition coefficient (Wildman–Crippen LogP) is 17.9. The number of aliphatic hydroxyl groups is 2. The van der Waals surface area contributed by atoms with Crippen LogP contribution in [0.25, 0.3) is 0 Å². The summed E-state index contributed by atoms with van der Waals surface area (Å²) < 4.78 is 5.46. The molecule has 1 amide bonds. The number of carbonyl (C=O) groups is 2. The molecule has 0 aromatic heterocycles. The molecule has 0 aromatic carbocycles. The molecule has 0 rings (SSSR count). The molecule has 0 fully saturated rings. The highest BCUT2D eigenvalue weighted by Gasteiger charge is 2.20. The first kappa shape index (κ1) is 63.3. The van der Waals surface area contributed by atoms with Gasteiger partial charge in [-0.3, -0.25) is 9.59 Å². The number of carbonyl (C=O) groups excluding carboxylic acids is 2. The number of ether oxygens (including phenoxy) is 1. The maximum atomic E-state index is 12.5. The van der Waals surface area contributed by atoms with Crippen molar-refractivity contribution in [3.8, 4) is 0 Å². The van der Waals surface area contributed by atoms with Crippen molar-refractivity contribution in [1.82, 2.24) is 5.32 Å². The van der Waals surface area contributed by atoms with E-state index in [0.29, 0.717) is 25.9 Å². The molecule has 0 saturated carbocycles. The van der Waals surface area contributed by atoms with Gasteiger partial charge >= 0.3 is 5.97 Å². The average Bonchev–Trinajstić information content (AvgIpc) is 3.31. The van der Waals surface area contributed by atoms with Crippen molar-refractivity contribution in [2.45, 2.75) is 328 Å². The summed E-state index contributed by atoms with van der Waals surface area (Å²) in [6.07, 6.45) is 65.9. The first-order chi connectivity index (χ1) is 32.0. The molecule has 6 nitrogen and oxygen atoms in total. The highest BCUT2D eigenvalue weighted by Crippen LogP contribution is 2.18. The molecule has 0 radical (unpaired) electrons. The number of nitrogens with one attached hydrogen (secondary N) is 1. The molecule has 0 bridgehead atoms. The van der Waals surface area contributed by atoms with Gasteiger partial charge in [0.05, 0.1) is 25.4 Å². The molecule has 0 aliphatic rings. The first-order valence-electron chi connectivity index (χ1n) is 29.1. The monoisotopic (exact) mass is 916 g/mol. The Balaban J connectivity index is 3.41. The molecule has 6 heteroatoms. The van der Waals surface area contributed by atoms with Crippen LogP contribution in [0.15, 0.2) is 24.3 Å². The van der Waals surface area contributed by atoms with Gasteiger partial charge in [-0.25, -0.2) is 0 Å². The Hall–Kier alpha value is -1.66. The molecular weight excluding hydrogens is 803 g/mol. The molecule has 3 N–H and O–H groups in total. The largest absolute Gasteiger partial charge is 0.466 e. The summed E-state index contributed by atoms with van der Waals surface area (Å²) in [7, 11) is 0. The van der Waals surface area contributed by atoms with Gasteiger partial charge in [0.1, 0.15) is 0 Å². The summed E-state index contributed by atoms with van der Waals surface area (Å²) in [5, 5.41) is 23.3. The quantitative estimate of drug-likeness (QED) is 0.0321. The van der Waals surface area contributed by atoms with Crippen LogP contribution < -0.4 is 5.32 Å². The van der Waals surface area contributed by atoms with Crippen molar-refractivity contribution < 1.29 is 24.5 Å². The highest BCUT2D eigenvalue weighted by atomic mass is 16.5. The number of rotatable bonds is 54. The predicted molar refractivity (Wildman–Crippen MR) is 283 cm³/mol. The van der Waals surface area contributed by atoms with Crippen molar-refractivity contribution in [2.24, 2.45) is 0 Å². The third-order valence-corrected chi connectivity index (χ3v) is 13.5. The molecular formula is C59H113NO5. The van der Waals surface area contributed by atoms with Crippen LogP contribution in [-0.4, -0.2) is 47.4 Å². The van der Waals surface area contributed by atoms with Crippen LogP contribution in [0.5, 0.6) is 0 Å². The van der Waals surface area contributed by atoms with E-state index in [0.717, 1.165) is 51.4 Å². The van der Waals surface area contributed by atoms with Crippen LogP contribution in [0.4, 0.5) is 0 Å². The van der Waals surface area contributed by atoms with Gasteiger partial charge in [0.25, 0.3) is 0 Å². The number of hydrogen-bond acceptors (Lipinski definition) is 5. The summed E-state index contributed by atoms with van der Waals surface area (Å²) in [6, 6.07) is -0.544. The number of aliphatic hydroxyl groups excluding tert-OH is 2. The van der Waals surface area contributed by atoms with Crippen LogP contribution in [-0.2, 0) is 14.3 Å². The molecule has 0 aromatic rings. The Bertz CT molecular complexity index is 1010. The zero-order valence-electron chi connectivity index (χ0n) is 43.7. The minimum atomic E-state index is -0.666. The van der Waals surface area contributed by atoms with Gasteiger partial charge in [-0.1, -0.05) is 276 Å². The van der Waals surface area contributed by atoms with Gasteiger partial charge < -0.3 is 20.3 Å². The molecule has 2 unspecified atom stereocenters. The van der Waals surface area contributed by atoms with E-state index < -0.39 is 12.1 Å². The molecule has 65 heavy (non-hydrogen) atoms. The van der Waals surface area contributed by atoms with E-state index in [1.807, 2.05) is 0 Å². The lowest BCUT2D eigenvalue weighted by molar-refractivity contribution is -0.143. The normalized spacial score (nSPS) is 12.7. The summed E-state index contributed by atoms with van der Waals surface area (Å²) in [4.78, 5) is 24.5. The second-order valence-electron chi connectivity index (χ2n) is 20.0. The van der Waals surface area contributed by atoms with E-state index >= 15 is 0 Å². The molecule has 0 saturated heterocycles. The third-order valence-electron chi connectivity index (χ3n) is 13.5. The Kier molecular flexibility index (Phi) is 53.5. The fraction of sp³-hybridized carbons (Fsp3) is 0.898. The number of esters is 1. The van der Waals surface area contributed by atoms with Gasteiger partial charge in [-0.15, -0.1) is 0 Å². The van der Waals surface area contributed by atoms with Gasteiger partial charge in [0.15, 0.2) is 0 Å². The maximum Gasteiger partial charge on any atom is 0.305 e. The SMILES string of the molecule is CCC/C=C\C/C=C\CCCCCCCC(=O)OCCCCCCCCCCCCCCCCCCCCCC(=O)NC(CO)C(O)CCCCCCCCCCCCCCCCCC. The third kappa shape index (κ3) is 51.6. The minimum Gasteiger partial charge on any atom is -0.466 e. The maximum absolute atomic E-state index is 12.5. The van der Waals surface area contributed by atoms with Gasteiger partial charge in [-0.05, 0) is 51.4 Å². The van der Waals surface area contributed by atoms with Crippen LogP contribution in [0.1, 0.15) is 316 Å². The molecule has 0 aliphatic heterocycles. The van der Waals surface area contributed by atoms with Crippen LogP contribution in [0.3, 0.4) is 0 Å². The lowest BCUT2D eigenvalue weighted by Gasteiger charge is -2.22. The van der Waals surface area contributed by atoms with E-state index in [4.69, 9.17) is 4.74 Å². The topological polar surface area (TPSA) is 95.9 Å². The van der Waals surface area contributed by atoms with Gasteiger partial charge in [0, 0.05) is 12.8 Å². The number of hydrogen-bond donors (Lipinski definition) is 3. The fourth-order valence-corrected chi connectivity index (χ4v) is 9.03. The van der Waals surface area contributed by atoms with Crippen molar-refractivity contribution in [1.29, 1.82) is 0 Å². The van der Waals surface area contributed by atoms with Crippen molar-refractivity contribution in [3.05, 3.63) is 24.3 Å². The second kappa shape index (κ2) is 54.9. The van der Waals surface area contributed by atoms with Gasteiger partial charge in [0.2, 0.25) is 5.91 Å². The Morgan fingerprint density at radius 1 is 0.431 bits per heavy atom. The second-order valence-corrected chi connectivity index (χ2v) is 20.0. The van der Waals surface area contributed by atoms with Gasteiger partial charge in [-0.2, -0.15) is 0 Å². The van der Waals surface area contributed by atoms with E-state index in [1.54, 1.807) is 0 Å². The lowest BCUT2D eigenvalue weighted by atomic mass is 10.0. The summed E-state index contributed by atoms with van der Waals surface area (Å²) in [5.41, 5.74) is 0. The van der Waals surface area contributed by atoms with E-state index in [2.05, 4.69) is 43.5 Å². The summed E-state index contributed by atoms with van der Waals surface area (Å²) in [5.74, 6) is -0.0424. The summed E-state index contributed by atoms with van der Waals surface area (Å²) >= 11 is 0. The molecule has 0 aliphatic carbocycles.